The summed E-state index contributed by atoms with van der Waals surface area (Å²) in [6.45, 7) is 5.06. The van der Waals surface area contributed by atoms with Gasteiger partial charge in [0.1, 0.15) is 11.5 Å². The van der Waals surface area contributed by atoms with Crippen molar-refractivity contribution in [2.75, 3.05) is 7.05 Å². The summed E-state index contributed by atoms with van der Waals surface area (Å²) in [5, 5.41) is 3.18. The second-order valence-electron chi connectivity index (χ2n) is 4.74. The highest BCUT2D eigenvalue weighted by Crippen LogP contribution is 2.26. The van der Waals surface area contributed by atoms with Crippen molar-refractivity contribution in [2.24, 2.45) is 0 Å². The molecule has 2 rings (SSSR count). The molecule has 0 saturated heterocycles. The Hall–Kier alpha value is -1.80. The fourth-order valence-corrected chi connectivity index (χ4v) is 2.06. The molecular formula is C17H21NO. The van der Waals surface area contributed by atoms with Crippen LogP contribution in [0, 0.1) is 6.92 Å². The number of aryl methyl sites for hydroxylation is 2. The molecule has 0 aliphatic carbocycles. The number of ether oxygens (including phenoxy) is 1. The van der Waals surface area contributed by atoms with Crippen molar-refractivity contribution in [1.82, 2.24) is 5.32 Å². The Morgan fingerprint density at radius 1 is 1.05 bits per heavy atom. The first kappa shape index (κ1) is 13.6. The van der Waals surface area contributed by atoms with Gasteiger partial charge in [-0.05, 0) is 44.2 Å². The van der Waals surface area contributed by atoms with Crippen LogP contribution < -0.4 is 10.1 Å². The highest BCUT2D eigenvalue weighted by Gasteiger charge is 2.05. The highest BCUT2D eigenvalue weighted by atomic mass is 16.5. The molecule has 0 heterocycles. The number of hydrogen-bond acceptors (Lipinski definition) is 2. The average molecular weight is 255 g/mol. The molecule has 1 N–H and O–H groups in total. The van der Waals surface area contributed by atoms with E-state index >= 15 is 0 Å². The van der Waals surface area contributed by atoms with Gasteiger partial charge < -0.3 is 10.1 Å². The second-order valence-corrected chi connectivity index (χ2v) is 4.74. The van der Waals surface area contributed by atoms with Crippen LogP contribution in [0.3, 0.4) is 0 Å². The van der Waals surface area contributed by atoms with Crippen molar-refractivity contribution < 1.29 is 4.74 Å². The fraction of sp³-hybridized carbons (Fsp3) is 0.294. The molecular weight excluding hydrogens is 234 g/mol. The van der Waals surface area contributed by atoms with Gasteiger partial charge in [-0.3, -0.25) is 0 Å². The lowest BCUT2D eigenvalue weighted by atomic mass is 10.1. The summed E-state index contributed by atoms with van der Waals surface area (Å²) in [7, 11) is 1.95. The topological polar surface area (TPSA) is 21.3 Å². The Labute approximate surface area is 115 Å². The third kappa shape index (κ3) is 3.58. The minimum absolute atomic E-state index is 0.810. The van der Waals surface area contributed by atoms with Crippen molar-refractivity contribution in [3.8, 4) is 11.5 Å². The lowest BCUT2D eigenvalue weighted by molar-refractivity contribution is 0.474. The number of rotatable bonds is 5. The van der Waals surface area contributed by atoms with E-state index in [0.29, 0.717) is 0 Å². The van der Waals surface area contributed by atoms with E-state index in [1.165, 1.54) is 16.7 Å². The Bertz CT molecular complexity index is 531. The summed E-state index contributed by atoms with van der Waals surface area (Å²) in [5.41, 5.74) is 3.76. The molecule has 0 aliphatic heterocycles. The van der Waals surface area contributed by atoms with E-state index in [1.807, 2.05) is 25.2 Å². The molecule has 0 aliphatic rings. The maximum absolute atomic E-state index is 5.98. The SMILES string of the molecule is CCc1ccc(Oc2ccc(C)cc2CNC)cc1. The van der Waals surface area contributed by atoms with Crippen LogP contribution in [0.5, 0.6) is 11.5 Å². The number of nitrogens with one attached hydrogen (secondary N) is 1. The van der Waals surface area contributed by atoms with Crippen LogP contribution in [0.1, 0.15) is 23.6 Å². The van der Waals surface area contributed by atoms with Crippen molar-refractivity contribution >= 4 is 0 Å². The van der Waals surface area contributed by atoms with Crippen LogP contribution in [-0.4, -0.2) is 7.05 Å². The van der Waals surface area contributed by atoms with Gasteiger partial charge in [0.15, 0.2) is 0 Å². The Morgan fingerprint density at radius 2 is 1.79 bits per heavy atom. The molecule has 2 heteroatoms. The standard InChI is InChI=1S/C17H21NO/c1-4-14-6-8-16(9-7-14)19-17-10-5-13(2)11-15(17)12-18-3/h5-11,18H,4,12H2,1-3H3. The molecule has 0 fully saturated rings. The van der Waals surface area contributed by atoms with E-state index in [9.17, 15) is 0 Å². The third-order valence-electron chi connectivity index (χ3n) is 3.14. The van der Waals surface area contributed by atoms with Gasteiger partial charge in [-0.15, -0.1) is 0 Å². The van der Waals surface area contributed by atoms with Crippen LogP contribution in [0.4, 0.5) is 0 Å². The molecule has 0 unspecified atom stereocenters. The molecule has 100 valence electrons. The van der Waals surface area contributed by atoms with Crippen molar-refractivity contribution in [3.05, 3.63) is 59.2 Å². The zero-order chi connectivity index (χ0) is 13.7. The molecule has 2 aromatic carbocycles. The second kappa shape index (κ2) is 6.39. The number of hydrogen-bond donors (Lipinski definition) is 1. The van der Waals surface area contributed by atoms with Gasteiger partial charge in [0.25, 0.3) is 0 Å². The summed E-state index contributed by atoms with van der Waals surface area (Å²) in [6, 6.07) is 14.6. The van der Waals surface area contributed by atoms with E-state index in [1.54, 1.807) is 0 Å². The van der Waals surface area contributed by atoms with Gasteiger partial charge in [0.2, 0.25) is 0 Å². The molecule has 0 aromatic heterocycles. The zero-order valence-electron chi connectivity index (χ0n) is 11.9. The van der Waals surface area contributed by atoms with Crippen LogP contribution in [-0.2, 0) is 13.0 Å². The number of benzene rings is 2. The molecule has 0 spiro atoms. The molecule has 0 bridgehead atoms. The normalized spacial score (nSPS) is 10.5. The summed E-state index contributed by atoms with van der Waals surface area (Å²) < 4.78 is 5.98. The first-order chi connectivity index (χ1) is 9.22. The molecule has 0 saturated carbocycles. The van der Waals surface area contributed by atoms with Crippen LogP contribution in [0.15, 0.2) is 42.5 Å². The van der Waals surface area contributed by atoms with Gasteiger partial charge in [0, 0.05) is 12.1 Å². The minimum atomic E-state index is 0.810. The van der Waals surface area contributed by atoms with E-state index in [0.717, 1.165) is 24.5 Å². The quantitative estimate of drug-likeness (QED) is 0.869. The minimum Gasteiger partial charge on any atom is -0.457 e. The summed E-state index contributed by atoms with van der Waals surface area (Å²) in [6.07, 6.45) is 1.05. The molecule has 0 amide bonds. The predicted molar refractivity (Wildman–Crippen MR) is 79.8 cm³/mol. The van der Waals surface area contributed by atoms with Crippen molar-refractivity contribution in [2.45, 2.75) is 26.8 Å². The van der Waals surface area contributed by atoms with E-state index in [2.05, 4.69) is 43.4 Å². The van der Waals surface area contributed by atoms with E-state index < -0.39 is 0 Å². The van der Waals surface area contributed by atoms with Crippen molar-refractivity contribution in [3.63, 3.8) is 0 Å². The molecule has 2 aromatic rings. The highest BCUT2D eigenvalue weighted by molar-refractivity contribution is 5.40. The predicted octanol–water partition coefficient (Wildman–Crippen LogP) is 4.07. The monoisotopic (exact) mass is 255 g/mol. The van der Waals surface area contributed by atoms with Crippen LogP contribution in [0.25, 0.3) is 0 Å². The Morgan fingerprint density at radius 3 is 2.42 bits per heavy atom. The molecule has 0 radical (unpaired) electrons. The molecule has 19 heavy (non-hydrogen) atoms. The summed E-state index contributed by atoms with van der Waals surface area (Å²) in [4.78, 5) is 0. The molecule has 2 nitrogen and oxygen atoms in total. The smallest absolute Gasteiger partial charge is 0.131 e. The third-order valence-corrected chi connectivity index (χ3v) is 3.14. The lowest BCUT2D eigenvalue weighted by Crippen LogP contribution is -2.06. The first-order valence-corrected chi connectivity index (χ1v) is 6.74. The average Bonchev–Trinajstić information content (AvgIpc) is 2.43. The first-order valence-electron chi connectivity index (χ1n) is 6.74. The van der Waals surface area contributed by atoms with Crippen LogP contribution >= 0.6 is 0 Å². The summed E-state index contributed by atoms with van der Waals surface area (Å²) >= 11 is 0. The Balaban J connectivity index is 2.21. The zero-order valence-corrected chi connectivity index (χ0v) is 11.9. The van der Waals surface area contributed by atoms with Gasteiger partial charge in [-0.2, -0.15) is 0 Å². The lowest BCUT2D eigenvalue weighted by Gasteiger charge is -2.12. The maximum Gasteiger partial charge on any atom is 0.131 e. The van der Waals surface area contributed by atoms with E-state index in [4.69, 9.17) is 4.74 Å². The van der Waals surface area contributed by atoms with E-state index in [-0.39, 0.29) is 0 Å². The van der Waals surface area contributed by atoms with Gasteiger partial charge >= 0.3 is 0 Å². The Kier molecular flexibility index (Phi) is 4.58. The van der Waals surface area contributed by atoms with Gasteiger partial charge in [-0.25, -0.2) is 0 Å². The summed E-state index contributed by atoms with van der Waals surface area (Å²) in [5.74, 6) is 1.81. The largest absolute Gasteiger partial charge is 0.457 e. The van der Waals surface area contributed by atoms with Crippen LogP contribution in [0.2, 0.25) is 0 Å². The van der Waals surface area contributed by atoms with Gasteiger partial charge in [0.05, 0.1) is 0 Å². The van der Waals surface area contributed by atoms with Crippen molar-refractivity contribution in [1.29, 1.82) is 0 Å². The molecule has 0 atom stereocenters. The van der Waals surface area contributed by atoms with Gasteiger partial charge in [-0.1, -0.05) is 36.8 Å². The fourth-order valence-electron chi connectivity index (χ4n) is 2.06. The maximum atomic E-state index is 5.98.